The molecule has 1 aliphatic rings. The van der Waals surface area contributed by atoms with E-state index in [2.05, 4.69) is 10.6 Å². The van der Waals surface area contributed by atoms with Crippen LogP contribution in [0, 0.1) is 5.92 Å². The van der Waals surface area contributed by atoms with Crippen LogP contribution in [0.2, 0.25) is 0 Å². The summed E-state index contributed by atoms with van der Waals surface area (Å²) in [5.41, 5.74) is 1.71. The Morgan fingerprint density at radius 2 is 2.15 bits per heavy atom. The van der Waals surface area contributed by atoms with Crippen LogP contribution in [0.5, 0.6) is 0 Å². The number of anilines is 2. The molecule has 5 heteroatoms. The Hall–Kier alpha value is -1.59. The lowest BCUT2D eigenvalue weighted by atomic mass is 10.0. The lowest BCUT2D eigenvalue weighted by Gasteiger charge is -2.17. The first-order valence-electron chi connectivity index (χ1n) is 6.96. The first-order chi connectivity index (χ1) is 9.72. The third-order valence-electron chi connectivity index (χ3n) is 3.52. The van der Waals surface area contributed by atoms with E-state index in [0.29, 0.717) is 19.8 Å². The number of hydrogen-bond donors (Lipinski definition) is 2. The van der Waals surface area contributed by atoms with Gasteiger partial charge in [-0.05, 0) is 25.5 Å². The molecule has 0 aliphatic carbocycles. The van der Waals surface area contributed by atoms with Crippen molar-refractivity contribution < 1.29 is 14.3 Å². The van der Waals surface area contributed by atoms with E-state index in [1.807, 2.05) is 31.2 Å². The van der Waals surface area contributed by atoms with Crippen molar-refractivity contribution in [3.8, 4) is 0 Å². The van der Waals surface area contributed by atoms with Crippen LogP contribution in [0.15, 0.2) is 24.3 Å². The Balaban J connectivity index is 1.99. The number of nitrogens with one attached hydrogen (secondary N) is 2. The van der Waals surface area contributed by atoms with E-state index in [1.54, 1.807) is 7.11 Å². The molecule has 1 amide bonds. The largest absolute Gasteiger partial charge is 0.383 e. The van der Waals surface area contributed by atoms with Gasteiger partial charge >= 0.3 is 0 Å². The van der Waals surface area contributed by atoms with Crippen LogP contribution in [-0.2, 0) is 14.3 Å². The number of benzene rings is 1. The Morgan fingerprint density at radius 1 is 1.40 bits per heavy atom. The van der Waals surface area contributed by atoms with E-state index in [0.717, 1.165) is 17.8 Å². The van der Waals surface area contributed by atoms with E-state index < -0.39 is 0 Å². The van der Waals surface area contributed by atoms with Gasteiger partial charge in [0.2, 0.25) is 5.91 Å². The molecule has 1 aromatic carbocycles. The third-order valence-corrected chi connectivity index (χ3v) is 3.52. The zero-order valence-electron chi connectivity index (χ0n) is 12.0. The average Bonchev–Trinajstić information content (AvgIpc) is 2.87. The van der Waals surface area contributed by atoms with Crippen LogP contribution in [0.25, 0.3) is 0 Å². The van der Waals surface area contributed by atoms with Gasteiger partial charge in [0.1, 0.15) is 0 Å². The van der Waals surface area contributed by atoms with Gasteiger partial charge < -0.3 is 20.1 Å². The minimum atomic E-state index is -0.0676. The first-order valence-corrected chi connectivity index (χ1v) is 6.96. The van der Waals surface area contributed by atoms with Gasteiger partial charge in [-0.25, -0.2) is 0 Å². The van der Waals surface area contributed by atoms with Crippen LogP contribution >= 0.6 is 0 Å². The quantitative estimate of drug-likeness (QED) is 0.782. The molecule has 1 aliphatic heterocycles. The number of rotatable bonds is 6. The molecular weight excluding hydrogens is 256 g/mol. The molecule has 2 atom stereocenters. The maximum absolute atomic E-state index is 12.3. The molecule has 1 fully saturated rings. The topological polar surface area (TPSA) is 59.6 Å². The highest BCUT2D eigenvalue weighted by atomic mass is 16.5. The van der Waals surface area contributed by atoms with E-state index in [1.165, 1.54) is 0 Å². The van der Waals surface area contributed by atoms with Crippen LogP contribution in [0.4, 0.5) is 11.4 Å². The lowest BCUT2D eigenvalue weighted by Crippen LogP contribution is -2.28. The fourth-order valence-corrected chi connectivity index (χ4v) is 2.34. The molecule has 0 spiro atoms. The van der Waals surface area contributed by atoms with Crippen molar-refractivity contribution in [2.45, 2.75) is 19.4 Å². The van der Waals surface area contributed by atoms with Crippen molar-refractivity contribution in [3.05, 3.63) is 24.3 Å². The molecule has 110 valence electrons. The van der Waals surface area contributed by atoms with Crippen LogP contribution in [-0.4, -0.2) is 38.9 Å². The molecule has 0 aromatic heterocycles. The smallest absolute Gasteiger partial charge is 0.230 e. The number of para-hydroxylation sites is 2. The number of amides is 1. The fraction of sp³-hybridized carbons (Fsp3) is 0.533. The highest BCUT2D eigenvalue weighted by Gasteiger charge is 2.30. The second-order valence-corrected chi connectivity index (χ2v) is 4.93. The summed E-state index contributed by atoms with van der Waals surface area (Å²) >= 11 is 0. The fourth-order valence-electron chi connectivity index (χ4n) is 2.34. The summed E-state index contributed by atoms with van der Waals surface area (Å²) in [6.07, 6.45) is 0.773. The van der Waals surface area contributed by atoms with Gasteiger partial charge in [0, 0.05) is 20.3 Å². The predicted octanol–water partition coefficient (Wildman–Crippen LogP) is 2.11. The molecule has 0 bridgehead atoms. The molecule has 0 radical (unpaired) electrons. The van der Waals surface area contributed by atoms with Crippen LogP contribution in [0.1, 0.15) is 13.3 Å². The van der Waals surface area contributed by atoms with Crippen molar-refractivity contribution in [2.24, 2.45) is 5.92 Å². The molecule has 20 heavy (non-hydrogen) atoms. The monoisotopic (exact) mass is 278 g/mol. The third kappa shape index (κ3) is 3.71. The Kier molecular flexibility index (Phi) is 5.38. The van der Waals surface area contributed by atoms with Crippen molar-refractivity contribution in [2.75, 3.05) is 37.5 Å². The Bertz CT molecular complexity index is 450. The summed E-state index contributed by atoms with van der Waals surface area (Å²) in [7, 11) is 1.66. The van der Waals surface area contributed by atoms with Gasteiger partial charge in [-0.15, -0.1) is 0 Å². The number of carbonyl (C=O) groups excluding carboxylic acids is 1. The van der Waals surface area contributed by atoms with Crippen molar-refractivity contribution in [1.29, 1.82) is 0 Å². The second-order valence-electron chi connectivity index (χ2n) is 4.93. The number of hydrogen-bond acceptors (Lipinski definition) is 4. The maximum Gasteiger partial charge on any atom is 0.230 e. The molecule has 1 heterocycles. The van der Waals surface area contributed by atoms with Crippen molar-refractivity contribution in [3.63, 3.8) is 0 Å². The SMILES string of the molecule is COCCNc1ccccc1NC(=O)[C@@H]1CCO[C@@H]1C. The van der Waals surface area contributed by atoms with E-state index in [9.17, 15) is 4.79 Å². The number of ether oxygens (including phenoxy) is 2. The number of carbonyl (C=O) groups is 1. The van der Waals surface area contributed by atoms with Gasteiger partial charge in [-0.1, -0.05) is 12.1 Å². The zero-order chi connectivity index (χ0) is 14.4. The molecule has 2 N–H and O–H groups in total. The van der Waals surface area contributed by atoms with Crippen molar-refractivity contribution in [1.82, 2.24) is 0 Å². The average molecular weight is 278 g/mol. The van der Waals surface area contributed by atoms with Gasteiger partial charge in [-0.2, -0.15) is 0 Å². The van der Waals surface area contributed by atoms with Gasteiger partial charge in [0.05, 0.1) is 30.0 Å². The molecule has 1 aromatic rings. The summed E-state index contributed by atoms with van der Waals surface area (Å²) in [4.78, 5) is 12.3. The number of methoxy groups -OCH3 is 1. The standard InChI is InChI=1S/C15H22N2O3/c1-11-12(7-9-20-11)15(18)17-14-6-4-3-5-13(14)16-8-10-19-2/h3-6,11-12,16H,7-10H2,1-2H3,(H,17,18)/t11-,12-/m1/s1. The minimum Gasteiger partial charge on any atom is -0.383 e. The first kappa shape index (κ1) is 14.8. The molecular formula is C15H22N2O3. The van der Waals surface area contributed by atoms with E-state index in [4.69, 9.17) is 9.47 Å². The lowest BCUT2D eigenvalue weighted by molar-refractivity contribution is -0.121. The Morgan fingerprint density at radius 3 is 2.80 bits per heavy atom. The molecule has 0 saturated carbocycles. The molecule has 1 saturated heterocycles. The van der Waals surface area contributed by atoms with Gasteiger partial charge in [-0.3, -0.25) is 4.79 Å². The minimum absolute atomic E-state index is 0.0105. The van der Waals surface area contributed by atoms with E-state index >= 15 is 0 Å². The summed E-state index contributed by atoms with van der Waals surface area (Å²) in [6, 6.07) is 7.69. The highest BCUT2D eigenvalue weighted by Crippen LogP contribution is 2.25. The second kappa shape index (κ2) is 7.26. The summed E-state index contributed by atoms with van der Waals surface area (Å²) in [6.45, 7) is 3.93. The van der Waals surface area contributed by atoms with Crippen molar-refractivity contribution >= 4 is 17.3 Å². The van der Waals surface area contributed by atoms with Gasteiger partial charge in [0.25, 0.3) is 0 Å². The van der Waals surface area contributed by atoms with Crippen LogP contribution in [0.3, 0.4) is 0 Å². The summed E-state index contributed by atoms with van der Waals surface area (Å²) in [5, 5.41) is 6.24. The molecule has 5 nitrogen and oxygen atoms in total. The summed E-state index contributed by atoms with van der Waals surface area (Å²) in [5.74, 6) is -0.0435. The van der Waals surface area contributed by atoms with E-state index in [-0.39, 0.29) is 17.9 Å². The van der Waals surface area contributed by atoms with Gasteiger partial charge in [0.15, 0.2) is 0 Å². The molecule has 0 unspecified atom stereocenters. The highest BCUT2D eigenvalue weighted by molar-refractivity contribution is 5.96. The molecule has 2 rings (SSSR count). The summed E-state index contributed by atoms with van der Waals surface area (Å²) < 4.78 is 10.5. The van der Waals surface area contributed by atoms with Crippen LogP contribution < -0.4 is 10.6 Å². The normalized spacial score (nSPS) is 21.7. The Labute approximate surface area is 119 Å². The zero-order valence-corrected chi connectivity index (χ0v) is 12.0. The maximum atomic E-state index is 12.3. The predicted molar refractivity (Wildman–Crippen MR) is 79.0 cm³/mol.